The van der Waals surface area contributed by atoms with Gasteiger partial charge in [0.2, 0.25) is 0 Å². The highest BCUT2D eigenvalue weighted by molar-refractivity contribution is 6.14. The summed E-state index contributed by atoms with van der Waals surface area (Å²) < 4.78 is 7.57. The molecule has 0 aliphatic carbocycles. The summed E-state index contributed by atoms with van der Waals surface area (Å²) in [6.07, 6.45) is 0. The molecule has 0 N–H and O–H groups in total. The van der Waals surface area contributed by atoms with Crippen LogP contribution in [0.15, 0.2) is 243 Å². The van der Waals surface area contributed by atoms with Crippen LogP contribution in [-0.4, -0.2) is 23.7 Å². The summed E-state index contributed by atoms with van der Waals surface area (Å²) in [5.41, 5.74) is 18.3. The highest BCUT2D eigenvalue weighted by Gasteiger charge is 2.28. The normalized spacial score (nSPS) is 11.8. The van der Waals surface area contributed by atoms with Gasteiger partial charge in [-0.1, -0.05) is 188 Å². The van der Waals surface area contributed by atoms with Gasteiger partial charge in [-0.25, -0.2) is 9.97 Å². The highest BCUT2D eigenvalue weighted by atomic mass is 15.1. The number of para-hydroxylation sites is 6. The summed E-state index contributed by atoms with van der Waals surface area (Å²) in [6, 6.07) is 87.4. The van der Waals surface area contributed by atoms with Crippen LogP contribution in [0.2, 0.25) is 0 Å². The maximum atomic E-state index is 5.29. The molecule has 0 aliphatic rings. The van der Waals surface area contributed by atoms with E-state index in [0.717, 1.165) is 94.9 Å². The minimum atomic E-state index is 0.673. The maximum Gasteiger partial charge on any atom is 0.160 e. The first-order valence-electron chi connectivity index (χ1n) is 23.9. The van der Waals surface area contributed by atoms with Crippen molar-refractivity contribution in [3.05, 3.63) is 248 Å². The molecule has 0 unspecified atom stereocenters. The van der Waals surface area contributed by atoms with E-state index >= 15 is 0 Å². The third kappa shape index (κ3) is 6.11. The van der Waals surface area contributed by atoms with Gasteiger partial charge in [0.1, 0.15) is 0 Å². The Kier molecular flexibility index (Phi) is 9.04. The molecular formula is C65H43N5. The lowest BCUT2D eigenvalue weighted by Gasteiger charge is -2.26. The molecule has 14 rings (SSSR count). The zero-order valence-corrected chi connectivity index (χ0v) is 38.3. The van der Waals surface area contributed by atoms with Crippen molar-refractivity contribution in [3.8, 4) is 62.1 Å². The summed E-state index contributed by atoms with van der Waals surface area (Å²) in [7, 11) is 0. The average molecular weight is 894 g/mol. The van der Waals surface area contributed by atoms with Crippen LogP contribution < -0.4 is 0 Å². The van der Waals surface area contributed by atoms with E-state index in [0.29, 0.717) is 5.82 Å². The summed E-state index contributed by atoms with van der Waals surface area (Å²) in [4.78, 5) is 10.6. The topological polar surface area (TPSA) is 40.6 Å². The molecule has 70 heavy (non-hydrogen) atoms. The first-order chi connectivity index (χ1) is 34.7. The molecule has 0 bridgehead atoms. The van der Waals surface area contributed by atoms with E-state index in [1.54, 1.807) is 0 Å². The lowest BCUT2D eigenvalue weighted by atomic mass is 9.94. The summed E-state index contributed by atoms with van der Waals surface area (Å²) in [6.45, 7) is 2.31. The van der Waals surface area contributed by atoms with Crippen LogP contribution in [0.1, 0.15) is 5.56 Å². The van der Waals surface area contributed by atoms with E-state index in [1.807, 2.05) is 12.1 Å². The monoisotopic (exact) mass is 893 g/mol. The molecule has 0 fully saturated rings. The van der Waals surface area contributed by atoms with Crippen LogP contribution in [0, 0.1) is 6.92 Å². The molecule has 0 spiro atoms. The zero-order chi connectivity index (χ0) is 46.3. The van der Waals surface area contributed by atoms with Crippen molar-refractivity contribution >= 4 is 65.4 Å². The second-order valence-electron chi connectivity index (χ2n) is 18.1. The largest absolute Gasteiger partial charge is 0.307 e. The number of nitrogens with zero attached hydrogens (tertiary/aromatic N) is 5. The Balaban J connectivity index is 1.14. The summed E-state index contributed by atoms with van der Waals surface area (Å²) in [5, 5.41) is 7.25. The van der Waals surface area contributed by atoms with Crippen LogP contribution in [0.5, 0.6) is 0 Å². The van der Waals surface area contributed by atoms with Crippen molar-refractivity contribution in [2.24, 2.45) is 0 Å². The van der Waals surface area contributed by atoms with E-state index < -0.39 is 0 Å². The second-order valence-corrected chi connectivity index (χ2v) is 18.1. The zero-order valence-electron chi connectivity index (χ0n) is 38.3. The Morgan fingerprint density at radius 1 is 0.286 bits per heavy atom. The Morgan fingerprint density at radius 3 is 1.06 bits per heavy atom. The molecule has 0 aliphatic heterocycles. The van der Waals surface area contributed by atoms with Crippen LogP contribution in [-0.2, 0) is 0 Å². The molecule has 0 amide bonds. The fraction of sp³-hybridized carbons (Fsp3) is 0.0154. The molecule has 5 heteroatoms. The van der Waals surface area contributed by atoms with E-state index in [1.165, 1.54) is 32.3 Å². The van der Waals surface area contributed by atoms with Gasteiger partial charge in [-0.2, -0.15) is 0 Å². The number of rotatable bonds is 7. The summed E-state index contributed by atoms with van der Waals surface area (Å²) in [5.74, 6) is 0.673. The van der Waals surface area contributed by atoms with Crippen molar-refractivity contribution in [1.29, 1.82) is 0 Å². The molecule has 10 aromatic carbocycles. The molecule has 0 radical (unpaired) electrons. The van der Waals surface area contributed by atoms with Gasteiger partial charge in [-0.05, 0) is 78.2 Å². The van der Waals surface area contributed by atoms with Gasteiger partial charge < -0.3 is 13.7 Å². The quantitative estimate of drug-likeness (QED) is 0.160. The lowest BCUT2D eigenvalue weighted by molar-refractivity contribution is 1.04. The minimum Gasteiger partial charge on any atom is -0.307 e. The number of hydrogen-bond donors (Lipinski definition) is 0. The van der Waals surface area contributed by atoms with Crippen molar-refractivity contribution in [1.82, 2.24) is 23.7 Å². The standard InChI is InChI=1S/C65H43N5/c1-42-53(45-25-20-26-46(39-45)65-66-54(43-21-4-2-5-22-43)41-55(67-65)44-23-6-3-7-24-44)40-62(68-56-33-14-8-27-47(56)48-28-9-15-34-57(48)68)64(70-60-37-18-12-31-51(60)52-32-13-19-38-61(52)70)63(42)69-58-35-16-10-29-49(58)50-30-11-17-36-59(50)69/h2-41H,1H3. The van der Waals surface area contributed by atoms with Gasteiger partial charge in [0.05, 0.1) is 61.6 Å². The van der Waals surface area contributed by atoms with Gasteiger partial charge >= 0.3 is 0 Å². The van der Waals surface area contributed by atoms with Crippen molar-refractivity contribution < 1.29 is 0 Å². The van der Waals surface area contributed by atoms with Crippen LogP contribution >= 0.6 is 0 Å². The molecule has 0 saturated heterocycles. The molecule has 4 aromatic heterocycles. The Labute approximate surface area is 404 Å². The number of hydrogen-bond acceptors (Lipinski definition) is 2. The Bertz CT molecular complexity index is 4150. The van der Waals surface area contributed by atoms with E-state index in [2.05, 4.69) is 251 Å². The third-order valence-electron chi connectivity index (χ3n) is 14.2. The smallest absolute Gasteiger partial charge is 0.160 e. The number of aromatic nitrogens is 5. The fourth-order valence-electron chi connectivity index (χ4n) is 11.1. The third-order valence-corrected chi connectivity index (χ3v) is 14.2. The molecule has 0 saturated carbocycles. The molecule has 5 nitrogen and oxygen atoms in total. The second kappa shape index (κ2) is 15.9. The highest BCUT2D eigenvalue weighted by Crippen LogP contribution is 2.47. The fourth-order valence-corrected chi connectivity index (χ4v) is 11.1. The van der Waals surface area contributed by atoms with Gasteiger partial charge in [-0.3, -0.25) is 0 Å². The minimum absolute atomic E-state index is 0.673. The number of fused-ring (bicyclic) bond motifs is 9. The van der Waals surface area contributed by atoms with Crippen molar-refractivity contribution in [3.63, 3.8) is 0 Å². The first-order valence-corrected chi connectivity index (χ1v) is 23.9. The van der Waals surface area contributed by atoms with Gasteiger partial charge in [0.15, 0.2) is 5.82 Å². The number of benzene rings is 10. The van der Waals surface area contributed by atoms with Gasteiger partial charge in [-0.15, -0.1) is 0 Å². The van der Waals surface area contributed by atoms with E-state index in [9.17, 15) is 0 Å². The lowest BCUT2D eigenvalue weighted by Crippen LogP contribution is -2.12. The van der Waals surface area contributed by atoms with Gasteiger partial charge in [0, 0.05) is 49.0 Å². The average Bonchev–Trinajstić information content (AvgIpc) is 4.07. The molecule has 4 heterocycles. The molecular weight excluding hydrogens is 851 g/mol. The predicted octanol–water partition coefficient (Wildman–Crippen LogP) is 16.7. The SMILES string of the molecule is Cc1c(-c2cccc(-c3nc(-c4ccccc4)cc(-c4ccccc4)n3)c2)cc(-n2c3ccccc3c3ccccc32)c(-n2c3ccccc3c3ccccc32)c1-n1c2ccccc2c2ccccc21. The molecule has 14 aromatic rings. The Hall–Kier alpha value is -9.32. The van der Waals surface area contributed by atoms with Crippen LogP contribution in [0.4, 0.5) is 0 Å². The first kappa shape index (κ1) is 39.8. The van der Waals surface area contributed by atoms with E-state index in [-0.39, 0.29) is 0 Å². The van der Waals surface area contributed by atoms with E-state index in [4.69, 9.17) is 9.97 Å². The Morgan fingerprint density at radius 2 is 0.629 bits per heavy atom. The summed E-state index contributed by atoms with van der Waals surface area (Å²) >= 11 is 0. The van der Waals surface area contributed by atoms with Gasteiger partial charge in [0.25, 0.3) is 0 Å². The maximum absolute atomic E-state index is 5.29. The van der Waals surface area contributed by atoms with Crippen LogP contribution in [0.3, 0.4) is 0 Å². The predicted molar refractivity (Wildman–Crippen MR) is 292 cm³/mol. The van der Waals surface area contributed by atoms with Crippen molar-refractivity contribution in [2.45, 2.75) is 6.92 Å². The molecule has 0 atom stereocenters. The van der Waals surface area contributed by atoms with Crippen molar-refractivity contribution in [2.75, 3.05) is 0 Å². The van der Waals surface area contributed by atoms with Crippen LogP contribution in [0.25, 0.3) is 128 Å². The molecule has 328 valence electrons.